The minimum absolute atomic E-state index is 0.0262. The Balaban J connectivity index is 1.97. The molecule has 4 nitrogen and oxygen atoms in total. The van der Waals surface area contributed by atoms with Gasteiger partial charge in [0, 0.05) is 7.05 Å². The van der Waals surface area contributed by atoms with Gasteiger partial charge in [-0.3, -0.25) is 9.69 Å². The molecule has 0 aliphatic heterocycles. The summed E-state index contributed by atoms with van der Waals surface area (Å²) >= 11 is 0. The first-order chi connectivity index (χ1) is 12.0. The molecule has 0 fully saturated rings. The molecule has 0 heterocycles. The summed E-state index contributed by atoms with van der Waals surface area (Å²) in [4.78, 5) is 16.6. The van der Waals surface area contributed by atoms with Gasteiger partial charge in [-0.1, -0.05) is 37.3 Å². The summed E-state index contributed by atoms with van der Waals surface area (Å²) in [6.07, 6.45) is 0. The number of ether oxygens (including phenoxy) is 1. The second-order valence-electron chi connectivity index (χ2n) is 5.95. The molecule has 2 aromatic rings. The van der Waals surface area contributed by atoms with Crippen LogP contribution in [0.1, 0.15) is 18.5 Å². The Morgan fingerprint density at radius 2 is 1.72 bits per heavy atom. The van der Waals surface area contributed by atoms with Crippen LogP contribution in [0, 0.1) is 5.82 Å². The molecular formula is C20H25FN2O2. The molecule has 0 bridgehead atoms. The molecule has 0 N–H and O–H groups in total. The quantitative estimate of drug-likeness (QED) is 0.736. The van der Waals surface area contributed by atoms with E-state index in [4.69, 9.17) is 4.74 Å². The third-order valence-corrected chi connectivity index (χ3v) is 4.17. The fraction of sp³-hybridized carbons (Fsp3) is 0.350. The maximum absolute atomic E-state index is 12.9. The maximum atomic E-state index is 12.9. The molecule has 0 spiro atoms. The zero-order chi connectivity index (χ0) is 18.2. The highest BCUT2D eigenvalue weighted by Crippen LogP contribution is 2.21. The number of amides is 1. The molecule has 1 atom stereocenters. The first-order valence-electron chi connectivity index (χ1n) is 8.41. The predicted molar refractivity (Wildman–Crippen MR) is 97.0 cm³/mol. The zero-order valence-electron chi connectivity index (χ0n) is 15.0. The second-order valence-corrected chi connectivity index (χ2v) is 5.95. The summed E-state index contributed by atoms with van der Waals surface area (Å²) in [7, 11) is 3.72. The minimum Gasteiger partial charge on any atom is -0.492 e. The molecule has 1 amide bonds. The van der Waals surface area contributed by atoms with Crippen LogP contribution in [0.4, 0.5) is 4.39 Å². The van der Waals surface area contributed by atoms with Gasteiger partial charge in [0.15, 0.2) is 0 Å². The number of carbonyl (C=O) groups is 1. The summed E-state index contributed by atoms with van der Waals surface area (Å²) in [5, 5.41) is 0. The molecule has 134 valence electrons. The van der Waals surface area contributed by atoms with Crippen LogP contribution in [0.5, 0.6) is 5.75 Å². The lowest BCUT2D eigenvalue weighted by molar-refractivity contribution is -0.135. The third kappa shape index (κ3) is 5.29. The van der Waals surface area contributed by atoms with Gasteiger partial charge >= 0.3 is 0 Å². The molecule has 0 saturated heterocycles. The van der Waals surface area contributed by atoms with Crippen molar-refractivity contribution < 1.29 is 13.9 Å². The number of carbonyl (C=O) groups excluding carboxylic acids is 1. The lowest BCUT2D eigenvalue weighted by Crippen LogP contribution is -2.41. The Bertz CT molecular complexity index is 661. The normalized spacial score (nSPS) is 12.0. The Morgan fingerprint density at radius 1 is 1.08 bits per heavy atom. The lowest BCUT2D eigenvalue weighted by atomic mass is 10.0. The van der Waals surface area contributed by atoms with Crippen LogP contribution in [0.2, 0.25) is 0 Å². The van der Waals surface area contributed by atoms with Gasteiger partial charge in [0.05, 0.1) is 6.54 Å². The highest BCUT2D eigenvalue weighted by atomic mass is 19.1. The highest BCUT2D eigenvalue weighted by molar-refractivity contribution is 5.83. The van der Waals surface area contributed by atoms with Gasteiger partial charge in [0.1, 0.15) is 24.2 Å². The Kier molecular flexibility index (Phi) is 6.95. The molecule has 0 saturated carbocycles. The first kappa shape index (κ1) is 18.9. The van der Waals surface area contributed by atoms with Crippen molar-refractivity contribution in [2.45, 2.75) is 13.0 Å². The smallest absolute Gasteiger partial charge is 0.244 e. The van der Waals surface area contributed by atoms with Gasteiger partial charge in [-0.2, -0.15) is 0 Å². The summed E-state index contributed by atoms with van der Waals surface area (Å²) in [6.45, 7) is 3.61. The SMILES string of the molecule is CCN(C)C(C(=O)N(C)CCOc1ccc(F)cc1)c1ccccc1. The van der Waals surface area contributed by atoms with E-state index in [-0.39, 0.29) is 17.8 Å². The molecule has 0 aliphatic carbocycles. The molecule has 0 radical (unpaired) electrons. The van der Waals surface area contributed by atoms with Crippen LogP contribution in [0.25, 0.3) is 0 Å². The standard InChI is InChI=1S/C20H25FN2O2/c1-4-22(2)19(16-8-6-5-7-9-16)20(24)23(3)14-15-25-18-12-10-17(21)11-13-18/h5-13,19H,4,14-15H2,1-3H3. The van der Waals surface area contributed by atoms with Crippen molar-refractivity contribution in [1.29, 1.82) is 0 Å². The van der Waals surface area contributed by atoms with Crippen molar-refractivity contribution in [3.63, 3.8) is 0 Å². The first-order valence-corrected chi connectivity index (χ1v) is 8.41. The van der Waals surface area contributed by atoms with Gasteiger partial charge in [0.25, 0.3) is 0 Å². The van der Waals surface area contributed by atoms with Crippen molar-refractivity contribution in [1.82, 2.24) is 9.80 Å². The molecular weight excluding hydrogens is 319 g/mol. The van der Waals surface area contributed by atoms with Crippen molar-refractivity contribution in [2.75, 3.05) is 33.8 Å². The van der Waals surface area contributed by atoms with Gasteiger partial charge in [-0.05, 0) is 43.4 Å². The average Bonchev–Trinajstić information content (AvgIpc) is 2.64. The summed E-state index contributed by atoms with van der Waals surface area (Å²) in [6, 6.07) is 15.3. The Labute approximate surface area is 148 Å². The number of nitrogens with zero attached hydrogens (tertiary/aromatic N) is 2. The number of rotatable bonds is 8. The predicted octanol–water partition coefficient (Wildman–Crippen LogP) is 3.36. The third-order valence-electron chi connectivity index (χ3n) is 4.17. The number of hydrogen-bond acceptors (Lipinski definition) is 3. The van der Waals surface area contributed by atoms with Crippen LogP contribution in [0.3, 0.4) is 0 Å². The van der Waals surface area contributed by atoms with Crippen molar-refractivity contribution >= 4 is 5.91 Å². The van der Waals surface area contributed by atoms with Crippen LogP contribution in [-0.4, -0.2) is 49.5 Å². The number of halogens is 1. The monoisotopic (exact) mass is 344 g/mol. The average molecular weight is 344 g/mol. The van der Waals surface area contributed by atoms with Gasteiger partial charge in [0.2, 0.25) is 5.91 Å². The molecule has 2 aromatic carbocycles. The second kappa shape index (κ2) is 9.18. The van der Waals surface area contributed by atoms with Gasteiger partial charge in [-0.15, -0.1) is 0 Å². The van der Waals surface area contributed by atoms with Crippen molar-refractivity contribution in [3.8, 4) is 5.75 Å². The Morgan fingerprint density at radius 3 is 2.32 bits per heavy atom. The molecule has 1 unspecified atom stereocenters. The van der Waals surface area contributed by atoms with Crippen LogP contribution < -0.4 is 4.74 Å². The van der Waals surface area contributed by atoms with Crippen molar-refractivity contribution in [3.05, 3.63) is 66.0 Å². The molecule has 0 aromatic heterocycles. The van der Waals surface area contributed by atoms with E-state index >= 15 is 0 Å². The summed E-state index contributed by atoms with van der Waals surface area (Å²) in [5.41, 5.74) is 0.975. The Hall–Kier alpha value is -2.40. The van der Waals surface area contributed by atoms with E-state index in [1.165, 1.54) is 12.1 Å². The van der Waals surface area contributed by atoms with Crippen LogP contribution >= 0.6 is 0 Å². The van der Waals surface area contributed by atoms with E-state index in [2.05, 4.69) is 0 Å². The molecule has 5 heteroatoms. The van der Waals surface area contributed by atoms with Gasteiger partial charge < -0.3 is 9.64 Å². The molecule has 0 aliphatic rings. The van der Waals surface area contributed by atoms with E-state index in [1.54, 1.807) is 24.1 Å². The van der Waals surface area contributed by atoms with Crippen LogP contribution in [0.15, 0.2) is 54.6 Å². The van der Waals surface area contributed by atoms with E-state index in [1.807, 2.05) is 49.2 Å². The lowest BCUT2D eigenvalue weighted by Gasteiger charge is -2.30. The van der Waals surface area contributed by atoms with E-state index in [0.717, 1.165) is 12.1 Å². The minimum atomic E-state index is -0.318. The number of likely N-dealkylation sites (N-methyl/N-ethyl adjacent to an activating group) is 2. The van der Waals surface area contributed by atoms with Crippen LogP contribution in [-0.2, 0) is 4.79 Å². The largest absolute Gasteiger partial charge is 0.492 e. The highest BCUT2D eigenvalue weighted by Gasteiger charge is 2.26. The fourth-order valence-electron chi connectivity index (χ4n) is 2.55. The number of hydrogen-bond donors (Lipinski definition) is 0. The van der Waals surface area contributed by atoms with E-state index < -0.39 is 0 Å². The van der Waals surface area contributed by atoms with E-state index in [9.17, 15) is 9.18 Å². The van der Waals surface area contributed by atoms with E-state index in [0.29, 0.717) is 18.9 Å². The summed E-state index contributed by atoms with van der Waals surface area (Å²) < 4.78 is 18.5. The van der Waals surface area contributed by atoms with Gasteiger partial charge in [-0.25, -0.2) is 4.39 Å². The zero-order valence-corrected chi connectivity index (χ0v) is 15.0. The topological polar surface area (TPSA) is 32.8 Å². The maximum Gasteiger partial charge on any atom is 0.244 e. The summed E-state index contributed by atoms with van der Waals surface area (Å²) in [5.74, 6) is 0.318. The van der Waals surface area contributed by atoms with Crippen molar-refractivity contribution in [2.24, 2.45) is 0 Å². The molecule has 25 heavy (non-hydrogen) atoms. The number of benzene rings is 2. The fourth-order valence-corrected chi connectivity index (χ4v) is 2.55. The molecule has 2 rings (SSSR count).